The van der Waals surface area contributed by atoms with Crippen LogP contribution in [0.5, 0.6) is 0 Å². The normalized spacial score (nSPS) is 19.3. The van der Waals surface area contributed by atoms with Crippen LogP contribution in [0.3, 0.4) is 0 Å². The Bertz CT molecular complexity index is 705. The molecule has 1 N–H and O–H groups in total. The Morgan fingerprint density at radius 3 is 3.13 bits per heavy atom. The number of aromatic nitrogens is 1. The van der Waals surface area contributed by atoms with E-state index in [2.05, 4.69) is 27.7 Å². The number of nitrogens with zero attached hydrogens (tertiary/aromatic N) is 2. The van der Waals surface area contributed by atoms with E-state index in [4.69, 9.17) is 0 Å². The van der Waals surface area contributed by atoms with Crippen LogP contribution in [0.25, 0.3) is 10.2 Å². The molecule has 1 heterocycles. The summed E-state index contributed by atoms with van der Waals surface area (Å²) < 4.78 is 2.06. The number of carbonyl (C=O) groups is 1. The lowest BCUT2D eigenvalue weighted by atomic mass is 9.96. The molecule has 2 atom stereocenters. The van der Waals surface area contributed by atoms with Gasteiger partial charge in [0.1, 0.15) is 0 Å². The Morgan fingerprint density at radius 1 is 1.48 bits per heavy atom. The van der Waals surface area contributed by atoms with Crippen LogP contribution in [-0.4, -0.2) is 22.4 Å². The Kier molecular flexibility index (Phi) is 5.46. The number of fused-ring (bicyclic) bond motifs is 1. The summed E-state index contributed by atoms with van der Waals surface area (Å²) >= 11 is 3.09. The summed E-state index contributed by atoms with van der Waals surface area (Å²) in [6, 6.07) is 8.01. The molecule has 0 saturated heterocycles. The second-order valence-corrected chi connectivity index (χ2v) is 8.12. The zero-order valence-electron chi connectivity index (χ0n) is 12.9. The molecule has 2 aromatic rings. The summed E-state index contributed by atoms with van der Waals surface area (Å²) in [4.78, 5) is 16.7. The molecule has 1 amide bonds. The van der Waals surface area contributed by atoms with Gasteiger partial charge >= 0.3 is 0 Å². The second kappa shape index (κ2) is 7.75. The van der Waals surface area contributed by atoms with Gasteiger partial charge in [0.25, 0.3) is 5.91 Å². The molecular formula is C17H19N3OS2. The number of amides is 1. The number of benzene rings is 1. The SMILES string of the molecule is C[C@H](Sc1nc2ccccc2s1)C(=O)N/N=C\[C@H]1CC=CCC1. The monoisotopic (exact) mass is 345 g/mol. The van der Waals surface area contributed by atoms with Gasteiger partial charge in [-0.2, -0.15) is 5.10 Å². The minimum absolute atomic E-state index is 0.0862. The van der Waals surface area contributed by atoms with Crippen LogP contribution < -0.4 is 5.43 Å². The molecule has 0 aliphatic heterocycles. The third-order valence-corrected chi connectivity index (χ3v) is 5.92. The molecule has 0 fully saturated rings. The minimum atomic E-state index is -0.223. The van der Waals surface area contributed by atoms with Crippen LogP contribution in [-0.2, 0) is 4.79 Å². The lowest BCUT2D eigenvalue weighted by Crippen LogP contribution is -2.27. The van der Waals surface area contributed by atoms with Crippen LogP contribution in [0.2, 0.25) is 0 Å². The number of nitrogens with one attached hydrogen (secondary N) is 1. The zero-order valence-corrected chi connectivity index (χ0v) is 14.6. The van der Waals surface area contributed by atoms with Gasteiger partial charge < -0.3 is 0 Å². The third kappa shape index (κ3) is 4.42. The van der Waals surface area contributed by atoms with Crippen LogP contribution in [0.15, 0.2) is 45.9 Å². The highest BCUT2D eigenvalue weighted by atomic mass is 32.2. The van der Waals surface area contributed by atoms with Gasteiger partial charge in [0, 0.05) is 6.21 Å². The Balaban J connectivity index is 1.52. The molecule has 0 spiro atoms. The van der Waals surface area contributed by atoms with Gasteiger partial charge in [-0.05, 0) is 44.2 Å². The fourth-order valence-corrected chi connectivity index (χ4v) is 4.56. The van der Waals surface area contributed by atoms with Crippen LogP contribution in [0.1, 0.15) is 26.2 Å². The number of hydrogen-bond donors (Lipinski definition) is 1. The molecule has 0 radical (unpaired) electrons. The van der Waals surface area contributed by atoms with Crippen molar-refractivity contribution in [3.63, 3.8) is 0 Å². The summed E-state index contributed by atoms with van der Waals surface area (Å²) in [6.45, 7) is 1.88. The second-order valence-electron chi connectivity index (χ2n) is 5.51. The number of para-hydroxylation sites is 1. The summed E-state index contributed by atoms with van der Waals surface area (Å²) in [5, 5.41) is 3.89. The van der Waals surface area contributed by atoms with E-state index in [1.165, 1.54) is 11.8 Å². The molecule has 4 nitrogen and oxygen atoms in total. The van der Waals surface area contributed by atoms with Gasteiger partial charge in [-0.3, -0.25) is 4.79 Å². The fourth-order valence-electron chi connectivity index (χ4n) is 2.36. The van der Waals surface area contributed by atoms with Gasteiger partial charge in [-0.1, -0.05) is 36.0 Å². The Labute approximate surface area is 144 Å². The first-order valence-corrected chi connectivity index (χ1v) is 9.42. The standard InChI is InChI=1S/C17H19N3OS2/c1-12(16(21)20-18-11-13-7-3-2-4-8-13)22-17-19-14-9-5-6-10-15(14)23-17/h2-3,5-6,9-13H,4,7-8H2,1H3,(H,20,21)/b18-11-/t12-,13-/m0/s1. The third-order valence-electron chi connectivity index (χ3n) is 3.69. The lowest BCUT2D eigenvalue weighted by Gasteiger charge is -2.12. The molecule has 1 aromatic heterocycles. The smallest absolute Gasteiger partial charge is 0.253 e. The van der Waals surface area contributed by atoms with Crippen molar-refractivity contribution in [1.82, 2.24) is 10.4 Å². The first kappa shape index (κ1) is 16.2. The van der Waals surface area contributed by atoms with Crippen molar-refractivity contribution in [2.75, 3.05) is 0 Å². The first-order chi connectivity index (χ1) is 11.2. The maximum atomic E-state index is 12.1. The van der Waals surface area contributed by atoms with E-state index >= 15 is 0 Å². The molecule has 23 heavy (non-hydrogen) atoms. The van der Waals surface area contributed by atoms with Gasteiger partial charge in [-0.25, -0.2) is 10.4 Å². The average Bonchev–Trinajstić information content (AvgIpc) is 2.98. The number of thiazole rings is 1. The van der Waals surface area contributed by atoms with E-state index in [0.29, 0.717) is 5.92 Å². The number of hydrogen-bond acceptors (Lipinski definition) is 5. The molecule has 1 aromatic carbocycles. The quantitative estimate of drug-likeness (QED) is 0.382. The van der Waals surface area contributed by atoms with Crippen molar-refractivity contribution in [1.29, 1.82) is 0 Å². The predicted molar refractivity (Wildman–Crippen MR) is 98.1 cm³/mol. The highest BCUT2D eigenvalue weighted by Crippen LogP contribution is 2.31. The molecular weight excluding hydrogens is 326 g/mol. The van der Waals surface area contributed by atoms with Crippen molar-refractivity contribution in [3.8, 4) is 0 Å². The van der Waals surface area contributed by atoms with Crippen molar-refractivity contribution >= 4 is 45.4 Å². The van der Waals surface area contributed by atoms with Gasteiger partial charge in [0.15, 0.2) is 4.34 Å². The van der Waals surface area contributed by atoms with E-state index in [1.54, 1.807) is 11.3 Å². The van der Waals surface area contributed by atoms with Crippen LogP contribution in [0.4, 0.5) is 0 Å². The number of allylic oxidation sites excluding steroid dienone is 2. The predicted octanol–water partition coefficient (Wildman–Crippen LogP) is 4.24. The summed E-state index contributed by atoms with van der Waals surface area (Å²) in [7, 11) is 0. The molecule has 0 unspecified atom stereocenters. The van der Waals surface area contributed by atoms with Crippen LogP contribution >= 0.6 is 23.1 Å². The van der Waals surface area contributed by atoms with Crippen LogP contribution in [0, 0.1) is 5.92 Å². The topological polar surface area (TPSA) is 54.4 Å². The van der Waals surface area contributed by atoms with Crippen molar-refractivity contribution < 1.29 is 4.79 Å². The van der Waals surface area contributed by atoms with Gasteiger partial charge in [-0.15, -0.1) is 11.3 Å². The summed E-state index contributed by atoms with van der Waals surface area (Å²) in [5.41, 5.74) is 3.63. The highest BCUT2D eigenvalue weighted by Gasteiger charge is 2.16. The zero-order chi connectivity index (χ0) is 16.1. The van der Waals surface area contributed by atoms with Crippen molar-refractivity contribution in [2.45, 2.75) is 35.8 Å². The highest BCUT2D eigenvalue weighted by molar-refractivity contribution is 8.02. The number of hydrazone groups is 1. The summed E-state index contributed by atoms with van der Waals surface area (Å²) in [6.07, 6.45) is 9.43. The maximum Gasteiger partial charge on any atom is 0.253 e. The van der Waals surface area contributed by atoms with Crippen molar-refractivity contribution in [2.24, 2.45) is 11.0 Å². The molecule has 3 rings (SSSR count). The maximum absolute atomic E-state index is 12.1. The minimum Gasteiger partial charge on any atom is -0.272 e. The average molecular weight is 345 g/mol. The van der Waals surface area contributed by atoms with Gasteiger partial charge in [0.05, 0.1) is 15.5 Å². The molecule has 1 aliphatic carbocycles. The summed E-state index contributed by atoms with van der Waals surface area (Å²) in [5.74, 6) is 0.351. The first-order valence-electron chi connectivity index (χ1n) is 7.72. The Hall–Kier alpha value is -1.66. The fraction of sp³-hybridized carbons (Fsp3) is 0.353. The van der Waals surface area contributed by atoms with Gasteiger partial charge in [0.2, 0.25) is 0 Å². The molecule has 1 aliphatic rings. The van der Waals surface area contributed by atoms with E-state index in [1.807, 2.05) is 37.4 Å². The van der Waals surface area contributed by atoms with E-state index in [9.17, 15) is 4.79 Å². The Morgan fingerprint density at radius 2 is 2.35 bits per heavy atom. The van der Waals surface area contributed by atoms with Crippen molar-refractivity contribution in [3.05, 3.63) is 36.4 Å². The number of rotatable bonds is 5. The number of thioether (sulfide) groups is 1. The lowest BCUT2D eigenvalue weighted by molar-refractivity contribution is -0.120. The number of carbonyl (C=O) groups excluding carboxylic acids is 1. The molecule has 6 heteroatoms. The van der Waals surface area contributed by atoms with E-state index in [0.717, 1.165) is 33.8 Å². The largest absolute Gasteiger partial charge is 0.272 e. The van der Waals surface area contributed by atoms with E-state index in [-0.39, 0.29) is 11.2 Å². The molecule has 120 valence electrons. The van der Waals surface area contributed by atoms with E-state index < -0.39 is 0 Å². The molecule has 0 saturated carbocycles. The molecule has 0 bridgehead atoms.